The zero-order valence-electron chi connectivity index (χ0n) is 8.11. The van der Waals surface area contributed by atoms with E-state index in [2.05, 4.69) is 4.65 Å². The van der Waals surface area contributed by atoms with E-state index < -0.39 is 7.32 Å². The van der Waals surface area contributed by atoms with Crippen molar-refractivity contribution < 1.29 is 52.4 Å². The van der Waals surface area contributed by atoms with Crippen molar-refractivity contribution >= 4 is 7.32 Å². The smallest absolute Gasteiger partial charge is 0.860 e. The first kappa shape index (κ1) is 15.7. The van der Waals surface area contributed by atoms with Gasteiger partial charge in [0.2, 0.25) is 0 Å². The first-order valence-corrected chi connectivity index (χ1v) is 3.23. The molecule has 0 aliphatic heterocycles. The molecule has 0 saturated heterocycles. The fraction of sp³-hybridized carbons (Fsp3) is 0.143. The summed E-state index contributed by atoms with van der Waals surface area (Å²) in [5.74, 6) is 0.325. The third-order valence-electron chi connectivity index (χ3n) is 1.25. The summed E-state index contributed by atoms with van der Waals surface area (Å²) in [5.41, 5.74) is 1.06. The summed E-state index contributed by atoms with van der Waals surface area (Å²) in [7, 11) is -2.24. The molecule has 0 heterocycles. The average Bonchev–Trinajstić information content (AvgIpc) is 1.93. The summed E-state index contributed by atoms with van der Waals surface area (Å²) in [6.45, 7) is 1.91. The van der Waals surface area contributed by atoms with Crippen molar-refractivity contribution in [2.45, 2.75) is 6.92 Å². The molecule has 0 saturated carbocycles. The Bertz CT molecular complexity index is 228. The Morgan fingerprint density at radius 2 is 1.54 bits per heavy atom. The van der Waals surface area contributed by atoms with Crippen LogP contribution in [0.4, 0.5) is 0 Å². The molecule has 0 amide bonds. The van der Waals surface area contributed by atoms with Crippen LogP contribution in [0.25, 0.3) is 0 Å². The van der Waals surface area contributed by atoms with Crippen LogP contribution in [0.5, 0.6) is 5.75 Å². The Labute approximate surface area is 102 Å². The molecule has 0 spiro atoms. The summed E-state index contributed by atoms with van der Waals surface area (Å²) >= 11 is 0. The molecule has 1 rings (SSSR count). The van der Waals surface area contributed by atoms with Crippen molar-refractivity contribution in [3.05, 3.63) is 29.8 Å². The number of aryl methyl sites for hydroxylation is 1. The van der Waals surface area contributed by atoms with E-state index in [0.717, 1.165) is 5.56 Å². The topological polar surface area (TPSA) is 55.3 Å². The number of rotatable bonds is 2. The third kappa shape index (κ3) is 6.29. The van der Waals surface area contributed by atoms with E-state index in [1.54, 1.807) is 24.3 Å². The van der Waals surface area contributed by atoms with Crippen molar-refractivity contribution in [1.29, 1.82) is 0 Å². The Balaban J connectivity index is 0. The quantitative estimate of drug-likeness (QED) is 0.408. The molecule has 0 bridgehead atoms. The van der Waals surface area contributed by atoms with Crippen LogP contribution in [0, 0.1) is 6.92 Å². The number of hydrogen-bond donors (Lipinski definition) is 0. The summed E-state index contributed by atoms with van der Waals surface area (Å²) < 4.78 is 4.36. The van der Waals surface area contributed by atoms with Crippen molar-refractivity contribution in [1.82, 2.24) is 0 Å². The Kier molecular flexibility index (Phi) is 9.14. The second-order valence-electron chi connectivity index (χ2n) is 2.22. The van der Waals surface area contributed by atoms with Gasteiger partial charge >= 0.3 is 37.7 Å². The molecule has 0 fully saturated rings. The van der Waals surface area contributed by atoms with Crippen molar-refractivity contribution in [2.75, 3.05) is 0 Å². The minimum absolute atomic E-state index is 0. The van der Waals surface area contributed by atoms with Crippen LogP contribution in [-0.4, -0.2) is 7.32 Å². The molecule has 0 N–H and O–H groups in total. The van der Waals surface area contributed by atoms with Gasteiger partial charge < -0.3 is 14.7 Å². The SMILES string of the molecule is Cc1ccc(OB([O-])[O-])cc1.[Li+].[Li+]. The largest absolute Gasteiger partial charge is 1.00 e. The maximum Gasteiger partial charge on any atom is 1.00 e. The molecule has 6 heteroatoms. The number of benzene rings is 1. The minimum Gasteiger partial charge on any atom is -0.860 e. The van der Waals surface area contributed by atoms with Crippen LogP contribution in [-0.2, 0) is 0 Å². The van der Waals surface area contributed by atoms with E-state index in [0.29, 0.717) is 5.75 Å². The van der Waals surface area contributed by atoms with Crippen molar-refractivity contribution in [2.24, 2.45) is 0 Å². The van der Waals surface area contributed by atoms with Gasteiger partial charge in [0.1, 0.15) is 7.32 Å². The zero-order chi connectivity index (χ0) is 8.27. The summed E-state index contributed by atoms with van der Waals surface area (Å²) in [6, 6.07) is 6.74. The average molecular weight is 164 g/mol. The predicted molar refractivity (Wildman–Crippen MR) is 37.6 cm³/mol. The van der Waals surface area contributed by atoms with Gasteiger partial charge in [-0.25, -0.2) is 0 Å². The molecule has 0 unspecified atom stereocenters. The van der Waals surface area contributed by atoms with E-state index in [1.807, 2.05) is 6.92 Å². The van der Waals surface area contributed by atoms with Gasteiger partial charge in [-0.3, -0.25) is 0 Å². The number of hydrogen-bond acceptors (Lipinski definition) is 3. The molecule has 1 aromatic carbocycles. The van der Waals surface area contributed by atoms with Crippen molar-refractivity contribution in [3.63, 3.8) is 0 Å². The zero-order valence-corrected chi connectivity index (χ0v) is 8.11. The second kappa shape index (κ2) is 7.59. The standard InChI is InChI=1S/C7H7BO3.2Li/c1-6-2-4-7(5-3-6)11-8(9)10;;/h2-5H,1H3;;/q-2;2*+1. The Morgan fingerprint density at radius 1 is 1.08 bits per heavy atom. The van der Waals surface area contributed by atoms with Gasteiger partial charge in [-0.1, -0.05) is 17.7 Å². The molecule has 0 aromatic heterocycles. The van der Waals surface area contributed by atoms with E-state index in [4.69, 9.17) is 0 Å². The van der Waals surface area contributed by atoms with Gasteiger partial charge in [-0.2, -0.15) is 0 Å². The van der Waals surface area contributed by atoms with Gasteiger partial charge in [0, 0.05) is 0 Å². The molecule has 0 aliphatic rings. The molecule has 1 aromatic rings. The fourth-order valence-corrected chi connectivity index (χ4v) is 0.728. The predicted octanol–water partition coefficient (Wildman–Crippen LogP) is -6.91. The summed E-state index contributed by atoms with van der Waals surface area (Å²) in [5, 5.41) is 20.0. The maximum atomic E-state index is 10.0. The Hall–Kier alpha value is 0.200. The summed E-state index contributed by atoms with van der Waals surface area (Å²) in [6.07, 6.45) is 0. The molecular weight excluding hydrogens is 157 g/mol. The fourth-order valence-electron chi connectivity index (χ4n) is 0.728. The second-order valence-corrected chi connectivity index (χ2v) is 2.22. The van der Waals surface area contributed by atoms with Gasteiger partial charge in [0.15, 0.2) is 0 Å². The first-order valence-electron chi connectivity index (χ1n) is 3.23. The van der Waals surface area contributed by atoms with E-state index in [1.165, 1.54) is 0 Å². The van der Waals surface area contributed by atoms with Gasteiger partial charge in [0.05, 0.1) is 5.75 Å². The van der Waals surface area contributed by atoms with Gasteiger partial charge in [0.25, 0.3) is 0 Å². The molecular formula is C7H7BLi2O3. The van der Waals surface area contributed by atoms with Gasteiger partial charge in [-0.05, 0) is 19.1 Å². The van der Waals surface area contributed by atoms with Crippen LogP contribution in [0.15, 0.2) is 24.3 Å². The van der Waals surface area contributed by atoms with Crippen molar-refractivity contribution in [3.8, 4) is 5.75 Å². The first-order chi connectivity index (χ1) is 5.18. The molecule has 0 atom stereocenters. The van der Waals surface area contributed by atoms with Crippen LogP contribution >= 0.6 is 0 Å². The molecule has 0 radical (unpaired) electrons. The minimum atomic E-state index is -2.24. The molecule has 13 heavy (non-hydrogen) atoms. The Morgan fingerprint density at radius 3 is 1.92 bits per heavy atom. The van der Waals surface area contributed by atoms with E-state index in [9.17, 15) is 10.0 Å². The normalized spacial score (nSPS) is 7.92. The molecule has 58 valence electrons. The molecule has 3 nitrogen and oxygen atoms in total. The van der Waals surface area contributed by atoms with Crippen LogP contribution < -0.4 is 52.4 Å². The van der Waals surface area contributed by atoms with Crippen LogP contribution in [0.2, 0.25) is 0 Å². The third-order valence-corrected chi connectivity index (χ3v) is 1.25. The maximum absolute atomic E-state index is 10.0. The monoisotopic (exact) mass is 164 g/mol. The van der Waals surface area contributed by atoms with Crippen LogP contribution in [0.1, 0.15) is 5.56 Å². The van der Waals surface area contributed by atoms with E-state index in [-0.39, 0.29) is 37.7 Å². The summed E-state index contributed by atoms with van der Waals surface area (Å²) in [4.78, 5) is 0. The van der Waals surface area contributed by atoms with Crippen LogP contribution in [0.3, 0.4) is 0 Å². The van der Waals surface area contributed by atoms with E-state index >= 15 is 0 Å². The molecule has 0 aliphatic carbocycles. The van der Waals surface area contributed by atoms with Gasteiger partial charge in [-0.15, -0.1) is 0 Å².